The van der Waals surface area contributed by atoms with Gasteiger partial charge in [0.1, 0.15) is 0 Å². The number of carbonyl (C=O) groups excluding carboxylic acids is 1. The molecule has 0 saturated carbocycles. The van der Waals surface area contributed by atoms with Crippen molar-refractivity contribution in [2.75, 3.05) is 13.2 Å². The van der Waals surface area contributed by atoms with Gasteiger partial charge in [0.2, 0.25) is 5.91 Å². The second kappa shape index (κ2) is 4.61. The van der Waals surface area contributed by atoms with Gasteiger partial charge in [-0.15, -0.1) is 0 Å². The normalized spacial score (nSPS) is 28.0. The largest absolute Gasteiger partial charge is 0.379 e. The van der Waals surface area contributed by atoms with Gasteiger partial charge in [-0.2, -0.15) is 0 Å². The van der Waals surface area contributed by atoms with Gasteiger partial charge in [0.05, 0.1) is 19.3 Å². The summed E-state index contributed by atoms with van der Waals surface area (Å²) in [7, 11) is 0. The Balaban J connectivity index is 2.27. The molecule has 1 fully saturated rings. The van der Waals surface area contributed by atoms with Gasteiger partial charge in [0.25, 0.3) is 0 Å². The predicted octanol–water partition coefficient (Wildman–Crippen LogP) is 1.18. The number of carbonyl (C=O) groups is 1. The average molecular weight is 185 g/mol. The van der Waals surface area contributed by atoms with E-state index in [0.29, 0.717) is 24.9 Å². The Kier molecular flexibility index (Phi) is 3.72. The Labute approximate surface area is 79.8 Å². The van der Waals surface area contributed by atoms with E-state index >= 15 is 0 Å². The van der Waals surface area contributed by atoms with Crippen LogP contribution in [0.4, 0.5) is 0 Å². The van der Waals surface area contributed by atoms with Crippen LogP contribution in [0.5, 0.6) is 0 Å². The molecule has 3 heteroatoms. The molecule has 2 atom stereocenters. The second-order valence-electron chi connectivity index (χ2n) is 4.29. The van der Waals surface area contributed by atoms with Crippen LogP contribution in [0.1, 0.15) is 27.2 Å². The fourth-order valence-corrected chi connectivity index (χ4v) is 1.48. The average Bonchev–Trinajstić information content (AvgIpc) is 2.34. The van der Waals surface area contributed by atoms with E-state index in [-0.39, 0.29) is 11.9 Å². The molecular weight excluding hydrogens is 166 g/mol. The zero-order valence-corrected chi connectivity index (χ0v) is 8.67. The van der Waals surface area contributed by atoms with Crippen molar-refractivity contribution in [1.29, 1.82) is 0 Å². The maximum atomic E-state index is 11.4. The Morgan fingerprint density at radius 1 is 1.54 bits per heavy atom. The Morgan fingerprint density at radius 3 is 2.69 bits per heavy atom. The fourth-order valence-electron chi connectivity index (χ4n) is 1.48. The van der Waals surface area contributed by atoms with Crippen LogP contribution >= 0.6 is 0 Å². The molecule has 1 amide bonds. The summed E-state index contributed by atoms with van der Waals surface area (Å²) in [5.74, 6) is 1.03. The molecule has 1 aliphatic rings. The van der Waals surface area contributed by atoms with Gasteiger partial charge in [-0.05, 0) is 5.92 Å². The zero-order valence-electron chi connectivity index (χ0n) is 8.67. The highest BCUT2D eigenvalue weighted by atomic mass is 16.5. The van der Waals surface area contributed by atoms with Crippen molar-refractivity contribution in [2.24, 2.45) is 11.8 Å². The molecule has 13 heavy (non-hydrogen) atoms. The molecular formula is C10H19NO2. The molecule has 0 aromatic heterocycles. The summed E-state index contributed by atoms with van der Waals surface area (Å²) in [6, 6.07) is 0.228. The molecule has 1 aliphatic heterocycles. The van der Waals surface area contributed by atoms with Gasteiger partial charge in [0.15, 0.2) is 0 Å². The lowest BCUT2D eigenvalue weighted by Crippen LogP contribution is -2.39. The highest BCUT2D eigenvalue weighted by Gasteiger charge is 2.25. The summed E-state index contributed by atoms with van der Waals surface area (Å²) < 4.78 is 5.26. The first-order valence-electron chi connectivity index (χ1n) is 4.96. The van der Waals surface area contributed by atoms with Crippen LogP contribution in [-0.2, 0) is 9.53 Å². The summed E-state index contributed by atoms with van der Waals surface area (Å²) in [4.78, 5) is 11.4. The van der Waals surface area contributed by atoms with E-state index in [2.05, 4.69) is 12.2 Å². The van der Waals surface area contributed by atoms with Crippen molar-refractivity contribution >= 4 is 5.91 Å². The van der Waals surface area contributed by atoms with Crippen LogP contribution < -0.4 is 5.32 Å². The fraction of sp³-hybridized carbons (Fsp3) is 0.900. The van der Waals surface area contributed by atoms with Gasteiger partial charge in [-0.3, -0.25) is 4.79 Å². The number of hydrogen-bond donors (Lipinski definition) is 1. The minimum atomic E-state index is 0.150. The first-order chi connectivity index (χ1) is 6.09. The van der Waals surface area contributed by atoms with E-state index in [0.717, 1.165) is 6.61 Å². The lowest BCUT2D eigenvalue weighted by molar-refractivity contribution is -0.122. The predicted molar refractivity (Wildman–Crippen MR) is 51.4 cm³/mol. The quantitative estimate of drug-likeness (QED) is 0.717. The molecule has 1 heterocycles. The van der Waals surface area contributed by atoms with Crippen LogP contribution in [0.25, 0.3) is 0 Å². The van der Waals surface area contributed by atoms with E-state index in [1.165, 1.54) is 0 Å². The molecule has 0 spiro atoms. The van der Waals surface area contributed by atoms with E-state index < -0.39 is 0 Å². The number of nitrogens with one attached hydrogen (secondary N) is 1. The molecule has 0 aromatic carbocycles. The first-order valence-corrected chi connectivity index (χ1v) is 4.96. The van der Waals surface area contributed by atoms with Gasteiger partial charge >= 0.3 is 0 Å². The molecule has 0 bridgehead atoms. The van der Waals surface area contributed by atoms with E-state index in [4.69, 9.17) is 4.74 Å². The van der Waals surface area contributed by atoms with Gasteiger partial charge in [-0.25, -0.2) is 0 Å². The van der Waals surface area contributed by atoms with Crippen LogP contribution in [0.3, 0.4) is 0 Å². The SMILES string of the molecule is CC(C)CC(=O)NC1COCC1C. The maximum Gasteiger partial charge on any atom is 0.220 e. The minimum Gasteiger partial charge on any atom is -0.379 e. The standard InChI is InChI=1S/C10H19NO2/c1-7(2)4-10(12)11-9-6-13-5-8(9)3/h7-9H,4-6H2,1-3H3,(H,11,12). The van der Waals surface area contributed by atoms with E-state index in [1.54, 1.807) is 0 Å². The van der Waals surface area contributed by atoms with Crippen molar-refractivity contribution in [3.05, 3.63) is 0 Å². The summed E-state index contributed by atoms with van der Waals surface area (Å²) in [6.45, 7) is 7.65. The molecule has 0 aromatic rings. The molecule has 1 saturated heterocycles. The van der Waals surface area contributed by atoms with Crippen molar-refractivity contribution in [2.45, 2.75) is 33.2 Å². The van der Waals surface area contributed by atoms with Crippen LogP contribution in [0, 0.1) is 11.8 Å². The van der Waals surface area contributed by atoms with Gasteiger partial charge in [0, 0.05) is 12.3 Å². The number of hydrogen-bond acceptors (Lipinski definition) is 2. The zero-order chi connectivity index (χ0) is 9.84. The lowest BCUT2D eigenvalue weighted by Gasteiger charge is -2.15. The van der Waals surface area contributed by atoms with Crippen molar-refractivity contribution in [3.63, 3.8) is 0 Å². The molecule has 1 rings (SSSR count). The van der Waals surface area contributed by atoms with Crippen LogP contribution in [0.15, 0.2) is 0 Å². The summed E-state index contributed by atoms with van der Waals surface area (Å²) in [5.41, 5.74) is 0. The van der Waals surface area contributed by atoms with Gasteiger partial charge < -0.3 is 10.1 Å². The summed E-state index contributed by atoms with van der Waals surface area (Å²) >= 11 is 0. The van der Waals surface area contributed by atoms with Crippen LogP contribution in [-0.4, -0.2) is 25.2 Å². The number of rotatable bonds is 3. The van der Waals surface area contributed by atoms with E-state index in [9.17, 15) is 4.79 Å². The number of amides is 1. The van der Waals surface area contributed by atoms with Gasteiger partial charge in [-0.1, -0.05) is 20.8 Å². The van der Waals surface area contributed by atoms with Crippen molar-refractivity contribution < 1.29 is 9.53 Å². The second-order valence-corrected chi connectivity index (χ2v) is 4.29. The topological polar surface area (TPSA) is 38.3 Å². The van der Waals surface area contributed by atoms with Crippen LogP contribution in [0.2, 0.25) is 0 Å². The molecule has 76 valence electrons. The lowest BCUT2D eigenvalue weighted by atomic mass is 10.1. The van der Waals surface area contributed by atoms with Crippen molar-refractivity contribution in [1.82, 2.24) is 5.32 Å². The highest BCUT2D eigenvalue weighted by molar-refractivity contribution is 5.76. The minimum absolute atomic E-state index is 0.150. The first kappa shape index (κ1) is 10.5. The van der Waals surface area contributed by atoms with Crippen molar-refractivity contribution in [3.8, 4) is 0 Å². The Hall–Kier alpha value is -0.570. The third kappa shape index (κ3) is 3.35. The third-order valence-corrected chi connectivity index (χ3v) is 2.31. The molecule has 0 radical (unpaired) electrons. The van der Waals surface area contributed by atoms with E-state index in [1.807, 2.05) is 13.8 Å². The summed E-state index contributed by atoms with van der Waals surface area (Å²) in [5, 5.41) is 3.00. The molecule has 0 aliphatic carbocycles. The monoisotopic (exact) mass is 185 g/mol. The Morgan fingerprint density at radius 2 is 2.23 bits per heavy atom. The molecule has 3 nitrogen and oxygen atoms in total. The number of ether oxygens (including phenoxy) is 1. The smallest absolute Gasteiger partial charge is 0.220 e. The third-order valence-electron chi connectivity index (χ3n) is 2.31. The summed E-state index contributed by atoms with van der Waals surface area (Å²) in [6.07, 6.45) is 0.614. The highest BCUT2D eigenvalue weighted by Crippen LogP contribution is 2.12. The molecule has 1 N–H and O–H groups in total. The molecule has 2 unspecified atom stereocenters. The maximum absolute atomic E-state index is 11.4. The Bertz CT molecular complexity index is 180.